The molecular weight excluding hydrogens is 192 g/mol. The van der Waals surface area contributed by atoms with E-state index in [1.165, 1.54) is 24.3 Å². The molecule has 2 heterocycles. The largest absolute Gasteiger partial charge is 0.330 e. The fraction of sp³-hybridized carbons (Fsp3) is 0.636. The van der Waals surface area contributed by atoms with E-state index in [9.17, 15) is 0 Å². The van der Waals surface area contributed by atoms with Crippen LogP contribution in [0.3, 0.4) is 0 Å². The second kappa shape index (κ2) is 4.43. The van der Waals surface area contributed by atoms with Crippen molar-refractivity contribution in [1.82, 2.24) is 4.90 Å². The Morgan fingerprint density at radius 2 is 2.50 bits per heavy atom. The topological polar surface area (TPSA) is 29.3 Å². The van der Waals surface area contributed by atoms with Gasteiger partial charge < -0.3 is 5.73 Å². The third-order valence-corrected chi connectivity index (χ3v) is 4.09. The lowest BCUT2D eigenvalue weighted by molar-refractivity contribution is 0.128. The van der Waals surface area contributed by atoms with Gasteiger partial charge >= 0.3 is 0 Å². The standard InChI is InChI=1S/C11H18N2S/c1-13-6-2-4-9(8-12)11(13)10-5-3-7-14-10/h3,5,7,9,11H,2,4,6,8,12H2,1H3/t9-,11+/m0/s1. The molecular formula is C11H18N2S. The maximum Gasteiger partial charge on any atom is 0.0478 e. The lowest BCUT2D eigenvalue weighted by Gasteiger charge is -2.38. The van der Waals surface area contributed by atoms with Crippen LogP contribution >= 0.6 is 11.3 Å². The molecule has 0 radical (unpaired) electrons. The van der Waals surface area contributed by atoms with Crippen molar-refractivity contribution in [2.75, 3.05) is 20.1 Å². The van der Waals surface area contributed by atoms with Crippen LogP contribution in [0.1, 0.15) is 23.8 Å². The fourth-order valence-corrected chi connectivity index (χ4v) is 3.40. The smallest absolute Gasteiger partial charge is 0.0478 e. The number of nitrogens with zero attached hydrogens (tertiary/aromatic N) is 1. The van der Waals surface area contributed by atoms with E-state index in [4.69, 9.17) is 5.73 Å². The monoisotopic (exact) mass is 210 g/mol. The van der Waals surface area contributed by atoms with Gasteiger partial charge in [0.2, 0.25) is 0 Å². The number of nitrogens with two attached hydrogens (primary N) is 1. The molecule has 1 saturated heterocycles. The zero-order chi connectivity index (χ0) is 9.97. The SMILES string of the molecule is CN1CCC[C@@H](CN)[C@@H]1c1cccs1. The molecule has 2 rings (SSSR count). The summed E-state index contributed by atoms with van der Waals surface area (Å²) in [4.78, 5) is 3.93. The zero-order valence-corrected chi connectivity index (χ0v) is 9.46. The molecule has 2 N–H and O–H groups in total. The van der Waals surface area contributed by atoms with Gasteiger partial charge in [-0.2, -0.15) is 0 Å². The summed E-state index contributed by atoms with van der Waals surface area (Å²) in [5, 5.41) is 2.16. The van der Waals surface area contributed by atoms with Gasteiger partial charge in [-0.3, -0.25) is 4.90 Å². The van der Waals surface area contributed by atoms with Gasteiger partial charge in [0.15, 0.2) is 0 Å². The van der Waals surface area contributed by atoms with Crippen molar-refractivity contribution in [3.05, 3.63) is 22.4 Å². The van der Waals surface area contributed by atoms with Crippen molar-refractivity contribution in [3.63, 3.8) is 0 Å². The first-order valence-corrected chi connectivity index (χ1v) is 6.14. The Bertz CT molecular complexity index is 271. The van der Waals surface area contributed by atoms with Gasteiger partial charge in [-0.25, -0.2) is 0 Å². The lowest BCUT2D eigenvalue weighted by atomic mass is 9.88. The minimum atomic E-state index is 0.564. The van der Waals surface area contributed by atoms with Crippen LogP contribution in [-0.2, 0) is 0 Å². The average Bonchev–Trinajstić information content (AvgIpc) is 2.70. The van der Waals surface area contributed by atoms with Gasteiger partial charge in [-0.1, -0.05) is 6.07 Å². The van der Waals surface area contributed by atoms with E-state index in [1.807, 2.05) is 11.3 Å². The molecule has 1 aromatic rings. The third-order valence-electron chi connectivity index (χ3n) is 3.14. The number of likely N-dealkylation sites (tertiary alicyclic amines) is 1. The highest BCUT2D eigenvalue weighted by atomic mass is 32.1. The molecule has 0 amide bonds. The minimum Gasteiger partial charge on any atom is -0.330 e. The van der Waals surface area contributed by atoms with Crippen LogP contribution in [0.4, 0.5) is 0 Å². The summed E-state index contributed by atoms with van der Waals surface area (Å²) in [7, 11) is 2.21. The summed E-state index contributed by atoms with van der Waals surface area (Å²) in [6, 6.07) is 4.93. The van der Waals surface area contributed by atoms with Gasteiger partial charge in [0.25, 0.3) is 0 Å². The Balaban J connectivity index is 2.19. The summed E-state index contributed by atoms with van der Waals surface area (Å²) in [5.41, 5.74) is 5.84. The molecule has 1 aliphatic rings. The Hall–Kier alpha value is -0.380. The Kier molecular flexibility index (Phi) is 3.21. The number of rotatable bonds is 2. The van der Waals surface area contributed by atoms with Crippen molar-refractivity contribution in [1.29, 1.82) is 0 Å². The maximum absolute atomic E-state index is 5.84. The molecule has 78 valence electrons. The first kappa shape index (κ1) is 10.1. The Morgan fingerprint density at radius 3 is 3.14 bits per heavy atom. The van der Waals surface area contributed by atoms with E-state index in [2.05, 4.69) is 29.5 Å². The molecule has 2 atom stereocenters. The highest BCUT2D eigenvalue weighted by Gasteiger charge is 2.29. The number of hydrogen-bond donors (Lipinski definition) is 1. The minimum absolute atomic E-state index is 0.564. The summed E-state index contributed by atoms with van der Waals surface area (Å²) < 4.78 is 0. The van der Waals surface area contributed by atoms with Crippen LogP contribution in [0.15, 0.2) is 17.5 Å². The highest BCUT2D eigenvalue weighted by molar-refractivity contribution is 7.10. The second-order valence-electron chi connectivity index (χ2n) is 4.08. The van der Waals surface area contributed by atoms with Crippen LogP contribution in [-0.4, -0.2) is 25.0 Å². The van der Waals surface area contributed by atoms with Gasteiger partial charge in [0, 0.05) is 10.9 Å². The Morgan fingerprint density at radius 1 is 1.64 bits per heavy atom. The first-order valence-electron chi connectivity index (χ1n) is 5.26. The molecule has 3 heteroatoms. The van der Waals surface area contributed by atoms with Gasteiger partial charge in [0.05, 0.1) is 0 Å². The van der Waals surface area contributed by atoms with Crippen molar-refractivity contribution in [2.45, 2.75) is 18.9 Å². The normalized spacial score (nSPS) is 29.3. The van der Waals surface area contributed by atoms with Crippen molar-refractivity contribution >= 4 is 11.3 Å². The van der Waals surface area contributed by atoms with Crippen molar-refractivity contribution < 1.29 is 0 Å². The summed E-state index contributed by atoms with van der Waals surface area (Å²) in [5.74, 6) is 0.646. The van der Waals surface area contributed by atoms with Crippen molar-refractivity contribution in [3.8, 4) is 0 Å². The molecule has 0 saturated carbocycles. The fourth-order valence-electron chi connectivity index (χ4n) is 2.42. The second-order valence-corrected chi connectivity index (χ2v) is 5.06. The number of piperidine rings is 1. The van der Waals surface area contributed by atoms with E-state index in [1.54, 1.807) is 0 Å². The van der Waals surface area contributed by atoms with Gasteiger partial charge in [-0.15, -0.1) is 11.3 Å². The highest BCUT2D eigenvalue weighted by Crippen LogP contribution is 2.36. The molecule has 0 aliphatic carbocycles. The molecule has 0 bridgehead atoms. The van der Waals surface area contributed by atoms with Crippen molar-refractivity contribution in [2.24, 2.45) is 11.7 Å². The molecule has 0 spiro atoms. The Labute approximate surface area is 89.7 Å². The van der Waals surface area contributed by atoms with Crippen LogP contribution in [0.5, 0.6) is 0 Å². The summed E-state index contributed by atoms with van der Waals surface area (Å²) >= 11 is 1.86. The van der Waals surface area contributed by atoms with Crippen LogP contribution < -0.4 is 5.73 Å². The van der Waals surface area contributed by atoms with E-state index >= 15 is 0 Å². The zero-order valence-electron chi connectivity index (χ0n) is 8.65. The summed E-state index contributed by atoms with van der Waals surface area (Å²) in [6.07, 6.45) is 2.57. The van der Waals surface area contributed by atoms with Crippen LogP contribution in [0.25, 0.3) is 0 Å². The predicted octanol–water partition coefficient (Wildman–Crippen LogP) is 2.09. The molecule has 0 aromatic carbocycles. The van der Waals surface area contributed by atoms with Crippen LogP contribution in [0.2, 0.25) is 0 Å². The number of thiophene rings is 1. The van der Waals surface area contributed by atoms with E-state index in [0.717, 1.165) is 6.54 Å². The van der Waals surface area contributed by atoms with Crippen LogP contribution in [0, 0.1) is 5.92 Å². The first-order chi connectivity index (χ1) is 6.83. The molecule has 2 nitrogen and oxygen atoms in total. The molecule has 14 heavy (non-hydrogen) atoms. The average molecular weight is 210 g/mol. The number of hydrogen-bond acceptors (Lipinski definition) is 3. The predicted molar refractivity (Wildman–Crippen MR) is 61.5 cm³/mol. The molecule has 0 unspecified atom stereocenters. The van der Waals surface area contributed by atoms with Gasteiger partial charge in [-0.05, 0) is 50.3 Å². The quantitative estimate of drug-likeness (QED) is 0.810. The van der Waals surface area contributed by atoms with E-state index < -0.39 is 0 Å². The molecule has 1 fully saturated rings. The van der Waals surface area contributed by atoms with Gasteiger partial charge in [0.1, 0.15) is 0 Å². The lowest BCUT2D eigenvalue weighted by Crippen LogP contribution is -2.38. The maximum atomic E-state index is 5.84. The molecule has 1 aromatic heterocycles. The van der Waals surface area contributed by atoms with E-state index in [-0.39, 0.29) is 0 Å². The third kappa shape index (κ3) is 1.85. The van der Waals surface area contributed by atoms with E-state index in [0.29, 0.717) is 12.0 Å². The molecule has 1 aliphatic heterocycles. The summed E-state index contributed by atoms with van der Waals surface area (Å²) in [6.45, 7) is 2.02.